The van der Waals surface area contributed by atoms with Gasteiger partial charge >= 0.3 is 0 Å². The van der Waals surface area contributed by atoms with Crippen LogP contribution in [0.5, 0.6) is 0 Å². The molecular formula is C19H25Cl2N3O2. The molecule has 1 unspecified atom stereocenters. The van der Waals surface area contributed by atoms with Crippen molar-refractivity contribution in [2.75, 3.05) is 6.54 Å². The van der Waals surface area contributed by atoms with Gasteiger partial charge in [-0.2, -0.15) is 0 Å². The third kappa shape index (κ3) is 5.42. The minimum absolute atomic E-state index is 0. The smallest absolute Gasteiger partial charge is 0.249 e. The van der Waals surface area contributed by atoms with Crippen LogP contribution in [-0.4, -0.2) is 29.6 Å². The fourth-order valence-corrected chi connectivity index (χ4v) is 2.97. The number of ether oxygens (including phenoxy) is 1. The van der Waals surface area contributed by atoms with Gasteiger partial charge in [-0.3, -0.25) is 9.78 Å². The van der Waals surface area contributed by atoms with Crippen LogP contribution in [0.15, 0.2) is 48.8 Å². The maximum Gasteiger partial charge on any atom is 0.249 e. The lowest BCUT2D eigenvalue weighted by molar-refractivity contribution is -0.132. The van der Waals surface area contributed by atoms with Crippen LogP contribution in [0.4, 0.5) is 0 Å². The zero-order chi connectivity index (χ0) is 16.9. The summed E-state index contributed by atoms with van der Waals surface area (Å²) in [6.07, 6.45) is 4.78. The number of nitrogens with zero attached hydrogens (tertiary/aromatic N) is 1. The molecule has 3 rings (SSSR count). The van der Waals surface area contributed by atoms with E-state index in [0.29, 0.717) is 6.54 Å². The normalized spacial score (nSPS) is 19.8. The molecule has 7 heteroatoms. The van der Waals surface area contributed by atoms with Gasteiger partial charge in [0.2, 0.25) is 5.91 Å². The van der Waals surface area contributed by atoms with Crippen molar-refractivity contribution in [1.82, 2.24) is 10.3 Å². The van der Waals surface area contributed by atoms with Crippen molar-refractivity contribution in [3.63, 3.8) is 0 Å². The number of pyridine rings is 1. The van der Waals surface area contributed by atoms with Gasteiger partial charge in [0.25, 0.3) is 0 Å². The van der Waals surface area contributed by atoms with E-state index in [2.05, 4.69) is 22.4 Å². The number of benzene rings is 1. The van der Waals surface area contributed by atoms with Crippen LogP contribution >= 0.6 is 24.8 Å². The van der Waals surface area contributed by atoms with Crippen molar-refractivity contribution in [3.8, 4) is 11.1 Å². The average molecular weight is 398 g/mol. The van der Waals surface area contributed by atoms with E-state index in [-0.39, 0.29) is 49.0 Å². The van der Waals surface area contributed by atoms with E-state index in [1.54, 1.807) is 12.4 Å². The fourth-order valence-electron chi connectivity index (χ4n) is 2.97. The Labute approximate surface area is 166 Å². The van der Waals surface area contributed by atoms with Crippen LogP contribution in [0.3, 0.4) is 0 Å². The van der Waals surface area contributed by atoms with Crippen molar-refractivity contribution in [2.45, 2.75) is 38.0 Å². The van der Waals surface area contributed by atoms with Gasteiger partial charge < -0.3 is 15.8 Å². The molecule has 26 heavy (non-hydrogen) atoms. The second kappa shape index (κ2) is 10.5. The Kier molecular flexibility index (Phi) is 9.02. The van der Waals surface area contributed by atoms with E-state index in [9.17, 15) is 4.79 Å². The van der Waals surface area contributed by atoms with Crippen molar-refractivity contribution in [2.24, 2.45) is 5.73 Å². The summed E-state index contributed by atoms with van der Waals surface area (Å²) in [5, 5.41) is 3.03. The third-order valence-electron chi connectivity index (χ3n) is 4.45. The van der Waals surface area contributed by atoms with Crippen molar-refractivity contribution in [3.05, 3.63) is 54.4 Å². The highest BCUT2D eigenvalue weighted by Gasteiger charge is 2.30. The average Bonchev–Trinajstić information content (AvgIpc) is 3.12. The number of amides is 1. The first-order valence-corrected chi connectivity index (χ1v) is 8.33. The van der Waals surface area contributed by atoms with Crippen LogP contribution in [-0.2, 0) is 9.53 Å². The van der Waals surface area contributed by atoms with Gasteiger partial charge in [-0.25, -0.2) is 0 Å². The summed E-state index contributed by atoms with van der Waals surface area (Å²) in [5.41, 5.74) is 8.91. The lowest BCUT2D eigenvalue weighted by Crippen LogP contribution is -2.36. The Morgan fingerprint density at radius 3 is 2.35 bits per heavy atom. The minimum atomic E-state index is -0.378. The molecule has 1 amide bonds. The lowest BCUT2D eigenvalue weighted by atomic mass is 10.0. The maximum absolute atomic E-state index is 12.3. The molecule has 0 saturated carbocycles. The maximum atomic E-state index is 12.3. The number of nitrogens with one attached hydrogen (secondary N) is 1. The van der Waals surface area contributed by atoms with E-state index >= 15 is 0 Å². The Morgan fingerprint density at radius 2 is 1.77 bits per heavy atom. The van der Waals surface area contributed by atoms with E-state index in [0.717, 1.165) is 29.5 Å². The first kappa shape index (κ1) is 22.4. The Balaban J connectivity index is 0.00000169. The molecule has 1 aliphatic rings. The number of carbonyl (C=O) groups is 1. The van der Waals surface area contributed by atoms with Gasteiger partial charge in [0.05, 0.1) is 12.1 Å². The van der Waals surface area contributed by atoms with Gasteiger partial charge in [-0.05, 0) is 48.6 Å². The molecule has 142 valence electrons. The van der Waals surface area contributed by atoms with Gasteiger partial charge in [0.15, 0.2) is 0 Å². The summed E-state index contributed by atoms with van der Waals surface area (Å²) in [7, 11) is 0. The summed E-state index contributed by atoms with van der Waals surface area (Å²) in [6.45, 7) is 2.45. The number of hydrogen-bond donors (Lipinski definition) is 2. The molecule has 2 aromatic rings. The Hall–Kier alpha value is -1.66. The topological polar surface area (TPSA) is 77.2 Å². The van der Waals surface area contributed by atoms with E-state index in [4.69, 9.17) is 10.5 Å². The van der Waals surface area contributed by atoms with Gasteiger partial charge in [-0.15, -0.1) is 24.8 Å². The zero-order valence-electron chi connectivity index (χ0n) is 14.6. The largest absolute Gasteiger partial charge is 0.364 e. The van der Waals surface area contributed by atoms with Crippen LogP contribution in [0.25, 0.3) is 11.1 Å². The number of nitrogens with two attached hydrogens (primary N) is 1. The van der Waals surface area contributed by atoms with Crippen molar-refractivity contribution in [1.29, 1.82) is 0 Å². The Bertz CT molecular complexity index is 683. The quantitative estimate of drug-likeness (QED) is 0.811. The third-order valence-corrected chi connectivity index (χ3v) is 4.45. The molecule has 1 fully saturated rings. The van der Waals surface area contributed by atoms with Gasteiger partial charge in [0.1, 0.15) is 6.10 Å². The summed E-state index contributed by atoms with van der Waals surface area (Å²) in [4.78, 5) is 16.3. The molecule has 0 aliphatic carbocycles. The summed E-state index contributed by atoms with van der Waals surface area (Å²) >= 11 is 0. The van der Waals surface area contributed by atoms with E-state index in [1.807, 2.05) is 31.2 Å². The summed E-state index contributed by atoms with van der Waals surface area (Å²) in [6, 6.07) is 12.1. The zero-order valence-corrected chi connectivity index (χ0v) is 16.3. The molecule has 1 saturated heterocycles. The second-order valence-electron chi connectivity index (χ2n) is 6.15. The lowest BCUT2D eigenvalue weighted by Gasteiger charge is -2.18. The first-order chi connectivity index (χ1) is 11.7. The van der Waals surface area contributed by atoms with Gasteiger partial charge in [-0.1, -0.05) is 24.3 Å². The first-order valence-electron chi connectivity index (χ1n) is 8.33. The monoisotopic (exact) mass is 397 g/mol. The summed E-state index contributed by atoms with van der Waals surface area (Å²) in [5.74, 6) is -0.0586. The highest BCUT2D eigenvalue weighted by atomic mass is 35.5. The van der Waals surface area contributed by atoms with Gasteiger partial charge in [0, 0.05) is 18.9 Å². The molecule has 3 atom stereocenters. The molecule has 0 radical (unpaired) electrons. The number of aromatic nitrogens is 1. The molecule has 1 aromatic carbocycles. The number of rotatable bonds is 5. The molecule has 1 aromatic heterocycles. The van der Waals surface area contributed by atoms with Crippen LogP contribution in [0, 0.1) is 0 Å². The van der Waals surface area contributed by atoms with Crippen LogP contribution in [0.1, 0.15) is 31.4 Å². The molecule has 2 heterocycles. The molecule has 3 N–H and O–H groups in total. The highest BCUT2D eigenvalue weighted by Crippen LogP contribution is 2.23. The Morgan fingerprint density at radius 1 is 1.15 bits per heavy atom. The second-order valence-corrected chi connectivity index (χ2v) is 6.15. The number of carbonyl (C=O) groups excluding carboxylic acids is 1. The summed E-state index contributed by atoms with van der Waals surface area (Å²) < 4.78 is 5.64. The molecule has 0 bridgehead atoms. The fraction of sp³-hybridized carbons (Fsp3) is 0.368. The SMILES string of the molecule is CC(NC(=O)[C@@H]1CC[C@H](CN)O1)c1ccc(-c2ccncc2)cc1.Cl.Cl. The van der Waals surface area contributed by atoms with Crippen LogP contribution in [0.2, 0.25) is 0 Å². The number of halogens is 2. The van der Waals surface area contributed by atoms with Crippen molar-refractivity contribution < 1.29 is 9.53 Å². The predicted octanol–water partition coefficient (Wildman–Crippen LogP) is 3.28. The number of hydrogen-bond acceptors (Lipinski definition) is 4. The molecule has 0 spiro atoms. The van der Waals surface area contributed by atoms with E-state index in [1.165, 1.54) is 0 Å². The molecular weight excluding hydrogens is 373 g/mol. The van der Waals surface area contributed by atoms with Crippen molar-refractivity contribution >= 4 is 30.7 Å². The molecule has 1 aliphatic heterocycles. The molecule has 5 nitrogen and oxygen atoms in total. The minimum Gasteiger partial charge on any atom is -0.364 e. The highest BCUT2D eigenvalue weighted by molar-refractivity contribution is 5.85. The van der Waals surface area contributed by atoms with E-state index < -0.39 is 0 Å². The van der Waals surface area contributed by atoms with Crippen LogP contribution < -0.4 is 11.1 Å². The predicted molar refractivity (Wildman–Crippen MR) is 108 cm³/mol. The standard InChI is InChI=1S/C19H23N3O2.2ClH/c1-13(22-19(23)18-7-6-17(12-20)24-18)14-2-4-15(5-3-14)16-8-10-21-11-9-16;;/h2-5,8-11,13,17-18H,6-7,12,20H2,1H3,(H,22,23);2*1H/t13?,17-,18+;;/m1../s1.